The van der Waals surface area contributed by atoms with Gasteiger partial charge < -0.3 is 4.74 Å². The first-order chi connectivity index (χ1) is 7.50. The van der Waals surface area contributed by atoms with Gasteiger partial charge in [0.2, 0.25) is 0 Å². The maximum absolute atomic E-state index is 12.4. The van der Waals surface area contributed by atoms with Crippen molar-refractivity contribution in [1.29, 1.82) is 0 Å². The lowest BCUT2D eigenvalue weighted by Gasteiger charge is -2.10. The first kappa shape index (κ1) is 10.9. The zero-order valence-electron chi connectivity index (χ0n) is 8.12. The van der Waals surface area contributed by atoms with Crippen molar-refractivity contribution >= 4 is 6.29 Å². The van der Waals surface area contributed by atoms with Crippen molar-refractivity contribution in [3.8, 4) is 5.75 Å². The summed E-state index contributed by atoms with van der Waals surface area (Å²) in [6.45, 7) is 0. The standard InChI is InChI=1S/C10H8F3NO2/c11-10(12,13)6-3-9(16-7-1-2-7)8(5-15)14-4-6/h3-5,7H,1-2H2. The number of aromatic nitrogens is 1. The monoisotopic (exact) mass is 231 g/mol. The Hall–Kier alpha value is -1.59. The molecule has 0 amide bonds. The Kier molecular flexibility index (Phi) is 2.57. The number of alkyl halides is 3. The second kappa shape index (κ2) is 3.77. The fraction of sp³-hybridized carbons (Fsp3) is 0.400. The van der Waals surface area contributed by atoms with Gasteiger partial charge in [-0.25, -0.2) is 4.98 Å². The summed E-state index contributed by atoms with van der Waals surface area (Å²) in [5.74, 6) is -0.0904. The summed E-state index contributed by atoms with van der Waals surface area (Å²) in [7, 11) is 0. The van der Waals surface area contributed by atoms with Gasteiger partial charge in [0.1, 0.15) is 11.4 Å². The van der Waals surface area contributed by atoms with E-state index in [0.717, 1.165) is 18.9 Å². The lowest BCUT2D eigenvalue weighted by molar-refractivity contribution is -0.138. The van der Waals surface area contributed by atoms with Gasteiger partial charge in [-0.1, -0.05) is 0 Å². The number of halogens is 3. The summed E-state index contributed by atoms with van der Waals surface area (Å²) < 4.78 is 42.3. The highest BCUT2D eigenvalue weighted by molar-refractivity contribution is 5.76. The third kappa shape index (κ3) is 2.32. The molecule has 0 N–H and O–H groups in total. The van der Waals surface area contributed by atoms with E-state index in [1.54, 1.807) is 0 Å². The molecule has 1 aromatic heterocycles. The number of aldehydes is 1. The molecule has 16 heavy (non-hydrogen) atoms. The van der Waals surface area contributed by atoms with Gasteiger partial charge in [0.25, 0.3) is 0 Å². The third-order valence-corrected chi connectivity index (χ3v) is 2.14. The van der Waals surface area contributed by atoms with E-state index in [1.165, 1.54) is 0 Å². The highest BCUT2D eigenvalue weighted by Crippen LogP contribution is 2.34. The van der Waals surface area contributed by atoms with Crippen LogP contribution in [0.15, 0.2) is 12.3 Å². The molecule has 3 nitrogen and oxygen atoms in total. The van der Waals surface area contributed by atoms with Crippen molar-refractivity contribution in [3.05, 3.63) is 23.5 Å². The lowest BCUT2D eigenvalue weighted by Crippen LogP contribution is -2.09. The van der Waals surface area contributed by atoms with Crippen molar-refractivity contribution in [2.24, 2.45) is 0 Å². The molecule has 6 heteroatoms. The van der Waals surface area contributed by atoms with Crippen LogP contribution in [0.1, 0.15) is 28.9 Å². The first-order valence-corrected chi connectivity index (χ1v) is 4.70. The van der Waals surface area contributed by atoms with Crippen molar-refractivity contribution < 1.29 is 22.7 Å². The van der Waals surface area contributed by atoms with Crippen molar-refractivity contribution in [3.63, 3.8) is 0 Å². The van der Waals surface area contributed by atoms with E-state index in [9.17, 15) is 18.0 Å². The minimum Gasteiger partial charge on any atom is -0.488 e. The Morgan fingerprint density at radius 1 is 1.44 bits per heavy atom. The zero-order valence-corrected chi connectivity index (χ0v) is 8.12. The van der Waals surface area contributed by atoms with Crippen LogP contribution in [-0.4, -0.2) is 17.4 Å². The maximum atomic E-state index is 12.4. The number of rotatable bonds is 3. The number of nitrogens with zero attached hydrogens (tertiary/aromatic N) is 1. The SMILES string of the molecule is O=Cc1ncc(C(F)(F)F)cc1OC1CC1. The van der Waals surface area contributed by atoms with Gasteiger partial charge in [-0.05, 0) is 18.9 Å². The van der Waals surface area contributed by atoms with E-state index >= 15 is 0 Å². The highest BCUT2D eigenvalue weighted by atomic mass is 19.4. The van der Waals surface area contributed by atoms with Crippen molar-refractivity contribution in [1.82, 2.24) is 4.98 Å². The molecule has 1 aromatic rings. The molecule has 2 rings (SSSR count). The molecular weight excluding hydrogens is 223 g/mol. The Morgan fingerprint density at radius 3 is 2.62 bits per heavy atom. The van der Waals surface area contributed by atoms with Crippen LogP contribution in [0, 0.1) is 0 Å². The van der Waals surface area contributed by atoms with Gasteiger partial charge >= 0.3 is 6.18 Å². The van der Waals surface area contributed by atoms with E-state index in [1.807, 2.05) is 0 Å². The fourth-order valence-electron chi connectivity index (χ4n) is 1.16. The predicted octanol–water partition coefficient (Wildman–Crippen LogP) is 2.45. The van der Waals surface area contributed by atoms with Crippen LogP contribution in [0.5, 0.6) is 5.75 Å². The molecule has 1 fully saturated rings. The summed E-state index contributed by atoms with van der Waals surface area (Å²) in [5.41, 5.74) is -1.01. The highest BCUT2D eigenvalue weighted by Gasteiger charge is 2.33. The van der Waals surface area contributed by atoms with Crippen molar-refractivity contribution in [2.45, 2.75) is 25.1 Å². The number of hydrogen-bond donors (Lipinski definition) is 0. The van der Waals surface area contributed by atoms with Gasteiger partial charge in [0.05, 0.1) is 11.7 Å². The topological polar surface area (TPSA) is 39.2 Å². The molecule has 0 spiro atoms. The first-order valence-electron chi connectivity index (χ1n) is 4.70. The van der Waals surface area contributed by atoms with Gasteiger partial charge in [0, 0.05) is 6.20 Å². The molecule has 0 bridgehead atoms. The fourth-order valence-corrected chi connectivity index (χ4v) is 1.16. The number of carbonyl (C=O) groups is 1. The summed E-state index contributed by atoms with van der Waals surface area (Å²) in [5, 5.41) is 0. The summed E-state index contributed by atoms with van der Waals surface area (Å²) in [4.78, 5) is 14.0. The largest absolute Gasteiger partial charge is 0.488 e. The van der Waals surface area contributed by atoms with Gasteiger partial charge in [-0.3, -0.25) is 4.79 Å². The molecule has 1 aliphatic carbocycles. The third-order valence-electron chi connectivity index (χ3n) is 2.14. The summed E-state index contributed by atoms with van der Waals surface area (Å²) >= 11 is 0. The number of hydrogen-bond acceptors (Lipinski definition) is 3. The minimum atomic E-state index is -4.48. The Morgan fingerprint density at radius 2 is 2.12 bits per heavy atom. The van der Waals surface area contributed by atoms with E-state index in [2.05, 4.69) is 4.98 Å². The Bertz CT molecular complexity index is 413. The van der Waals surface area contributed by atoms with E-state index < -0.39 is 11.7 Å². The van der Waals surface area contributed by atoms with Crippen molar-refractivity contribution in [2.75, 3.05) is 0 Å². The van der Waals surface area contributed by atoms with E-state index in [0.29, 0.717) is 12.5 Å². The molecule has 0 atom stereocenters. The van der Waals surface area contributed by atoms with Crippen LogP contribution in [-0.2, 0) is 6.18 Å². The van der Waals surface area contributed by atoms with Crippen LogP contribution in [0.2, 0.25) is 0 Å². The van der Waals surface area contributed by atoms with Crippen LogP contribution in [0.3, 0.4) is 0 Å². The smallest absolute Gasteiger partial charge is 0.418 e. The number of carbonyl (C=O) groups excluding carboxylic acids is 1. The molecule has 86 valence electrons. The lowest BCUT2D eigenvalue weighted by atomic mass is 10.2. The molecule has 0 radical (unpaired) electrons. The molecule has 1 aliphatic rings. The molecule has 0 aliphatic heterocycles. The predicted molar refractivity (Wildman–Crippen MR) is 48.3 cm³/mol. The molecular formula is C10H8F3NO2. The Balaban J connectivity index is 2.33. The van der Waals surface area contributed by atoms with Crippen LogP contribution < -0.4 is 4.74 Å². The zero-order chi connectivity index (χ0) is 11.8. The molecule has 0 unspecified atom stereocenters. The normalized spacial score (nSPS) is 15.9. The van der Waals surface area contributed by atoms with E-state index in [-0.39, 0.29) is 17.5 Å². The van der Waals surface area contributed by atoms with Crippen LogP contribution >= 0.6 is 0 Å². The van der Waals surface area contributed by atoms with Crippen LogP contribution in [0.25, 0.3) is 0 Å². The maximum Gasteiger partial charge on any atom is 0.418 e. The van der Waals surface area contributed by atoms with Gasteiger partial charge in [0.15, 0.2) is 6.29 Å². The second-order valence-corrected chi connectivity index (χ2v) is 3.54. The molecule has 0 saturated heterocycles. The molecule has 1 saturated carbocycles. The molecule has 0 aromatic carbocycles. The molecule has 1 heterocycles. The quantitative estimate of drug-likeness (QED) is 0.750. The second-order valence-electron chi connectivity index (χ2n) is 3.54. The summed E-state index contributed by atoms with van der Waals surface area (Å²) in [6, 6.07) is 0.815. The van der Waals surface area contributed by atoms with Gasteiger partial charge in [-0.2, -0.15) is 13.2 Å². The summed E-state index contributed by atoms with van der Waals surface area (Å²) in [6.07, 6.45) is -1.94. The van der Waals surface area contributed by atoms with Crippen LogP contribution in [0.4, 0.5) is 13.2 Å². The minimum absolute atomic E-state index is 0.0796. The van der Waals surface area contributed by atoms with E-state index in [4.69, 9.17) is 4.74 Å². The average molecular weight is 231 g/mol. The Labute approximate surface area is 89.2 Å². The number of ether oxygens (including phenoxy) is 1. The number of pyridine rings is 1. The van der Waals surface area contributed by atoms with Gasteiger partial charge in [-0.15, -0.1) is 0 Å². The average Bonchev–Trinajstić information content (AvgIpc) is 3.00.